The van der Waals surface area contributed by atoms with Gasteiger partial charge in [-0.2, -0.15) is 0 Å². The molecule has 0 bridgehead atoms. The lowest BCUT2D eigenvalue weighted by atomic mass is 9.99. The van der Waals surface area contributed by atoms with E-state index in [1.165, 1.54) is 10.6 Å². The molecule has 19 heavy (non-hydrogen) atoms. The molecule has 7 heteroatoms. The van der Waals surface area contributed by atoms with E-state index in [-0.39, 0.29) is 18.4 Å². The summed E-state index contributed by atoms with van der Waals surface area (Å²) in [5.41, 5.74) is 0. The Morgan fingerprint density at radius 2 is 2.37 bits per heavy atom. The lowest BCUT2D eigenvalue weighted by Crippen LogP contribution is -2.44. The second-order valence-electron chi connectivity index (χ2n) is 4.76. The van der Waals surface area contributed by atoms with Gasteiger partial charge in [0.05, 0.1) is 25.0 Å². The van der Waals surface area contributed by atoms with Crippen LogP contribution in [0.2, 0.25) is 0 Å². The number of carbonyl (C=O) groups is 1. The Kier molecular flexibility index (Phi) is 4.26. The molecule has 1 aromatic rings. The third kappa shape index (κ3) is 3.81. The Hall–Kier alpha value is -1.34. The van der Waals surface area contributed by atoms with Crippen molar-refractivity contribution in [1.82, 2.24) is 9.62 Å². The maximum atomic E-state index is 12.0. The third-order valence-corrected chi connectivity index (χ3v) is 4.51. The molecule has 1 atom stereocenters. The van der Waals surface area contributed by atoms with Crippen molar-refractivity contribution >= 4 is 15.9 Å². The number of sulfonamides is 1. The molecular formula is C12H18N2O4S. The van der Waals surface area contributed by atoms with E-state index in [0.717, 1.165) is 6.42 Å². The molecule has 2 rings (SSSR count). The zero-order chi connectivity index (χ0) is 13.9. The van der Waals surface area contributed by atoms with E-state index in [1.54, 1.807) is 18.4 Å². The second kappa shape index (κ2) is 5.75. The van der Waals surface area contributed by atoms with Gasteiger partial charge in [-0.05, 0) is 25.0 Å². The highest BCUT2D eigenvalue weighted by Gasteiger charge is 2.29. The van der Waals surface area contributed by atoms with Crippen molar-refractivity contribution in [2.75, 3.05) is 19.3 Å². The summed E-state index contributed by atoms with van der Waals surface area (Å²) >= 11 is 0. The molecule has 0 radical (unpaired) electrons. The SMILES string of the molecule is CS(=O)(=O)N1CCC[C@@H](C(=O)NCc2ccco2)C1. The average molecular weight is 286 g/mol. The topological polar surface area (TPSA) is 79.6 Å². The molecule has 2 heterocycles. The predicted molar refractivity (Wildman–Crippen MR) is 69.7 cm³/mol. The highest BCUT2D eigenvalue weighted by molar-refractivity contribution is 7.88. The Labute approximate surface area is 112 Å². The Bertz CT molecular complexity index is 524. The van der Waals surface area contributed by atoms with Gasteiger partial charge in [-0.3, -0.25) is 4.79 Å². The van der Waals surface area contributed by atoms with Crippen molar-refractivity contribution < 1.29 is 17.6 Å². The van der Waals surface area contributed by atoms with Crippen molar-refractivity contribution in [2.45, 2.75) is 19.4 Å². The van der Waals surface area contributed by atoms with Crippen molar-refractivity contribution in [3.05, 3.63) is 24.2 Å². The van der Waals surface area contributed by atoms with Crippen LogP contribution in [0.5, 0.6) is 0 Å². The normalized spacial score (nSPS) is 21.2. The van der Waals surface area contributed by atoms with Crippen molar-refractivity contribution in [2.24, 2.45) is 5.92 Å². The van der Waals surface area contributed by atoms with E-state index in [9.17, 15) is 13.2 Å². The summed E-state index contributed by atoms with van der Waals surface area (Å²) in [7, 11) is -3.22. The maximum absolute atomic E-state index is 12.0. The number of hydrogen-bond acceptors (Lipinski definition) is 4. The van der Waals surface area contributed by atoms with Crippen LogP contribution in [0.3, 0.4) is 0 Å². The minimum Gasteiger partial charge on any atom is -0.467 e. The number of nitrogens with one attached hydrogen (secondary N) is 1. The van der Waals surface area contributed by atoms with Crippen molar-refractivity contribution in [3.63, 3.8) is 0 Å². The van der Waals surface area contributed by atoms with Gasteiger partial charge in [0, 0.05) is 13.1 Å². The molecule has 0 unspecified atom stereocenters. The van der Waals surface area contributed by atoms with Crippen LogP contribution in [0.4, 0.5) is 0 Å². The third-order valence-electron chi connectivity index (χ3n) is 3.24. The van der Waals surface area contributed by atoms with Crippen LogP contribution < -0.4 is 5.32 Å². The fourth-order valence-corrected chi connectivity index (χ4v) is 3.10. The maximum Gasteiger partial charge on any atom is 0.224 e. The van der Waals surface area contributed by atoms with E-state index >= 15 is 0 Å². The van der Waals surface area contributed by atoms with Crippen LogP contribution in [0.25, 0.3) is 0 Å². The number of rotatable bonds is 4. The van der Waals surface area contributed by atoms with Gasteiger partial charge >= 0.3 is 0 Å². The quantitative estimate of drug-likeness (QED) is 0.877. The van der Waals surface area contributed by atoms with Crippen LogP contribution in [0.1, 0.15) is 18.6 Å². The first-order chi connectivity index (χ1) is 8.97. The summed E-state index contributed by atoms with van der Waals surface area (Å²) in [5.74, 6) is 0.285. The molecule has 1 amide bonds. The van der Waals surface area contributed by atoms with Gasteiger partial charge in [-0.1, -0.05) is 0 Å². The van der Waals surface area contributed by atoms with E-state index in [4.69, 9.17) is 4.42 Å². The zero-order valence-electron chi connectivity index (χ0n) is 10.8. The molecule has 1 aliphatic heterocycles. The Morgan fingerprint density at radius 1 is 1.58 bits per heavy atom. The van der Waals surface area contributed by atoms with E-state index in [2.05, 4.69) is 5.32 Å². The molecule has 106 valence electrons. The lowest BCUT2D eigenvalue weighted by Gasteiger charge is -2.30. The van der Waals surface area contributed by atoms with E-state index in [1.807, 2.05) is 0 Å². The summed E-state index contributed by atoms with van der Waals surface area (Å²) in [5, 5.41) is 2.77. The van der Waals surface area contributed by atoms with E-state index < -0.39 is 10.0 Å². The first-order valence-electron chi connectivity index (χ1n) is 6.22. The second-order valence-corrected chi connectivity index (χ2v) is 6.74. The molecular weight excluding hydrogens is 268 g/mol. The van der Waals surface area contributed by atoms with Crippen LogP contribution in [-0.4, -0.2) is 38.0 Å². The predicted octanol–water partition coefficient (Wildman–Crippen LogP) is 0.567. The number of piperidine rings is 1. The zero-order valence-corrected chi connectivity index (χ0v) is 11.6. The monoisotopic (exact) mass is 286 g/mol. The molecule has 1 N–H and O–H groups in total. The largest absolute Gasteiger partial charge is 0.467 e. The first kappa shape index (κ1) is 14.1. The molecule has 1 aliphatic rings. The Balaban J connectivity index is 1.88. The summed E-state index contributed by atoms with van der Waals surface area (Å²) in [6, 6.07) is 3.54. The molecule has 0 saturated carbocycles. The Morgan fingerprint density at radius 3 is 3.00 bits per heavy atom. The van der Waals surface area contributed by atoms with Gasteiger partial charge in [0.1, 0.15) is 5.76 Å². The van der Waals surface area contributed by atoms with Crippen molar-refractivity contribution in [1.29, 1.82) is 0 Å². The number of nitrogens with zero attached hydrogens (tertiary/aromatic N) is 1. The molecule has 0 spiro atoms. The van der Waals surface area contributed by atoms with Crippen LogP contribution in [0.15, 0.2) is 22.8 Å². The summed E-state index contributed by atoms with van der Waals surface area (Å²) in [6.45, 7) is 1.10. The summed E-state index contributed by atoms with van der Waals surface area (Å²) in [4.78, 5) is 12.0. The van der Waals surface area contributed by atoms with Crippen LogP contribution in [0, 0.1) is 5.92 Å². The molecule has 1 aromatic heterocycles. The molecule has 6 nitrogen and oxygen atoms in total. The molecule has 1 fully saturated rings. The summed E-state index contributed by atoms with van der Waals surface area (Å²) < 4.78 is 29.5. The fraction of sp³-hybridized carbons (Fsp3) is 0.583. The molecule has 0 aromatic carbocycles. The van der Waals surface area contributed by atoms with Gasteiger partial charge < -0.3 is 9.73 Å². The molecule has 0 aliphatic carbocycles. The number of hydrogen-bond donors (Lipinski definition) is 1. The minimum atomic E-state index is -3.22. The smallest absolute Gasteiger partial charge is 0.224 e. The number of carbonyl (C=O) groups excluding carboxylic acids is 1. The fourth-order valence-electron chi connectivity index (χ4n) is 2.19. The van der Waals surface area contributed by atoms with Crippen LogP contribution >= 0.6 is 0 Å². The number of amides is 1. The average Bonchev–Trinajstić information content (AvgIpc) is 2.88. The highest BCUT2D eigenvalue weighted by Crippen LogP contribution is 2.18. The standard InChI is InChI=1S/C12H18N2O4S/c1-19(16,17)14-6-2-4-10(9-14)12(15)13-8-11-5-3-7-18-11/h3,5,7,10H,2,4,6,8-9H2,1H3,(H,13,15)/t10-/m1/s1. The van der Waals surface area contributed by atoms with Gasteiger partial charge in [-0.25, -0.2) is 12.7 Å². The van der Waals surface area contributed by atoms with Crippen LogP contribution in [-0.2, 0) is 21.4 Å². The highest BCUT2D eigenvalue weighted by atomic mass is 32.2. The van der Waals surface area contributed by atoms with Gasteiger partial charge in [-0.15, -0.1) is 0 Å². The molecule has 1 saturated heterocycles. The summed E-state index contributed by atoms with van der Waals surface area (Å²) in [6.07, 6.45) is 4.16. The van der Waals surface area contributed by atoms with E-state index in [0.29, 0.717) is 25.3 Å². The number of furan rings is 1. The first-order valence-corrected chi connectivity index (χ1v) is 8.07. The van der Waals surface area contributed by atoms with Gasteiger partial charge in [0.2, 0.25) is 15.9 Å². The van der Waals surface area contributed by atoms with Gasteiger partial charge in [0.15, 0.2) is 0 Å². The van der Waals surface area contributed by atoms with Gasteiger partial charge in [0.25, 0.3) is 0 Å². The lowest BCUT2D eigenvalue weighted by molar-refractivity contribution is -0.126. The van der Waals surface area contributed by atoms with Crippen molar-refractivity contribution in [3.8, 4) is 0 Å². The minimum absolute atomic E-state index is 0.121.